The van der Waals surface area contributed by atoms with Crippen molar-refractivity contribution in [1.29, 1.82) is 0 Å². The Hall–Kier alpha value is -4.27. The molecule has 3 N–H and O–H groups in total. The molecule has 3 aromatic rings. The van der Waals surface area contributed by atoms with Gasteiger partial charge in [0.15, 0.2) is 11.5 Å². The lowest BCUT2D eigenvalue weighted by Crippen LogP contribution is -2.17. The van der Waals surface area contributed by atoms with Gasteiger partial charge in [0, 0.05) is 11.3 Å². The van der Waals surface area contributed by atoms with Crippen LogP contribution in [-0.4, -0.2) is 31.8 Å². The second kappa shape index (κ2) is 10.7. The van der Waals surface area contributed by atoms with Gasteiger partial charge in [-0.2, -0.15) is 5.10 Å². The lowest BCUT2D eigenvalue weighted by atomic mass is 10.2. The Morgan fingerprint density at radius 3 is 2.56 bits per heavy atom. The van der Waals surface area contributed by atoms with Crippen molar-refractivity contribution in [1.82, 2.24) is 5.43 Å². The van der Waals surface area contributed by atoms with Crippen LogP contribution in [0.3, 0.4) is 0 Å². The van der Waals surface area contributed by atoms with Crippen molar-refractivity contribution in [2.24, 2.45) is 5.10 Å². The van der Waals surface area contributed by atoms with Gasteiger partial charge in [-0.05, 0) is 67.1 Å². The van der Waals surface area contributed by atoms with Gasteiger partial charge in [0.25, 0.3) is 5.91 Å². The Kier molecular flexibility index (Phi) is 7.47. The number of furan rings is 1. The number of nitrogens with one attached hydrogen (secondary N) is 1. The van der Waals surface area contributed by atoms with Crippen molar-refractivity contribution in [3.05, 3.63) is 77.2 Å². The second-order valence-corrected chi connectivity index (χ2v) is 6.51. The van der Waals surface area contributed by atoms with E-state index in [1.165, 1.54) is 19.4 Å². The minimum absolute atomic E-state index is 0.0994. The van der Waals surface area contributed by atoms with Crippen LogP contribution >= 0.6 is 0 Å². The normalized spacial score (nSPS) is 10.7. The monoisotopic (exact) mass is 437 g/mol. The summed E-state index contributed by atoms with van der Waals surface area (Å²) < 4.78 is 21.4. The molecular formula is C23H23N3O6. The highest BCUT2D eigenvalue weighted by molar-refractivity contribution is 5.95. The summed E-state index contributed by atoms with van der Waals surface area (Å²) in [6, 6.07) is 14.9. The van der Waals surface area contributed by atoms with Crippen LogP contribution in [0.1, 0.15) is 39.2 Å². The number of methoxy groups -OCH3 is 1. The van der Waals surface area contributed by atoms with Gasteiger partial charge in [0.2, 0.25) is 5.76 Å². The van der Waals surface area contributed by atoms with E-state index < -0.39 is 5.97 Å². The first kappa shape index (κ1) is 22.4. The van der Waals surface area contributed by atoms with Gasteiger partial charge in [-0.1, -0.05) is 0 Å². The molecule has 9 nitrogen and oxygen atoms in total. The second-order valence-electron chi connectivity index (χ2n) is 6.51. The van der Waals surface area contributed by atoms with Crippen LogP contribution in [0.25, 0.3) is 0 Å². The standard InChI is InChI=1S/C23H23N3O6/c1-3-30-21-12-15(13-25-26-22(27)16-5-7-17(24)8-6-16)4-10-19(21)31-14-18-9-11-20(32-18)23(28)29-2/h4-13H,3,14,24H2,1-2H3,(H,26,27)/b25-13-. The number of esters is 1. The van der Waals surface area contributed by atoms with Crippen LogP contribution in [-0.2, 0) is 11.3 Å². The zero-order valence-electron chi connectivity index (χ0n) is 17.7. The Morgan fingerprint density at radius 2 is 1.84 bits per heavy atom. The van der Waals surface area contributed by atoms with Gasteiger partial charge in [-0.15, -0.1) is 0 Å². The van der Waals surface area contributed by atoms with Crippen LogP contribution < -0.4 is 20.6 Å². The molecule has 0 bridgehead atoms. The predicted molar refractivity (Wildman–Crippen MR) is 118 cm³/mol. The molecule has 32 heavy (non-hydrogen) atoms. The van der Waals surface area contributed by atoms with E-state index in [1.54, 1.807) is 48.5 Å². The minimum atomic E-state index is -0.557. The molecule has 0 spiro atoms. The van der Waals surface area contributed by atoms with E-state index >= 15 is 0 Å². The highest BCUT2D eigenvalue weighted by Crippen LogP contribution is 2.29. The lowest BCUT2D eigenvalue weighted by molar-refractivity contribution is 0.0560. The fourth-order valence-corrected chi connectivity index (χ4v) is 2.67. The number of rotatable bonds is 9. The number of hydrogen-bond acceptors (Lipinski definition) is 8. The Morgan fingerprint density at radius 1 is 1.06 bits per heavy atom. The van der Waals surface area contributed by atoms with Crippen molar-refractivity contribution in [3.63, 3.8) is 0 Å². The number of benzene rings is 2. The maximum Gasteiger partial charge on any atom is 0.373 e. The third-order valence-corrected chi connectivity index (χ3v) is 4.24. The van der Waals surface area contributed by atoms with Crippen LogP contribution in [0, 0.1) is 0 Å². The van der Waals surface area contributed by atoms with Crippen molar-refractivity contribution >= 4 is 23.8 Å². The number of hydrazone groups is 1. The first-order valence-corrected chi connectivity index (χ1v) is 9.75. The fraction of sp³-hybridized carbons (Fsp3) is 0.174. The molecular weight excluding hydrogens is 414 g/mol. The van der Waals surface area contributed by atoms with Gasteiger partial charge in [0.05, 0.1) is 19.9 Å². The molecule has 3 rings (SSSR count). The number of carbonyl (C=O) groups excluding carboxylic acids is 2. The van der Waals surface area contributed by atoms with Crippen molar-refractivity contribution in [3.8, 4) is 11.5 Å². The van der Waals surface area contributed by atoms with Crippen LogP contribution in [0.2, 0.25) is 0 Å². The molecule has 9 heteroatoms. The third kappa shape index (κ3) is 5.88. The van der Waals surface area contributed by atoms with E-state index in [0.717, 1.165) is 0 Å². The van der Waals surface area contributed by atoms with E-state index in [0.29, 0.717) is 40.7 Å². The van der Waals surface area contributed by atoms with Crippen molar-refractivity contribution in [2.45, 2.75) is 13.5 Å². The summed E-state index contributed by atoms with van der Waals surface area (Å²) in [6.45, 7) is 2.38. The summed E-state index contributed by atoms with van der Waals surface area (Å²) in [5.41, 5.74) is 9.81. The highest BCUT2D eigenvalue weighted by Gasteiger charge is 2.13. The quantitative estimate of drug-likeness (QED) is 0.227. The molecule has 0 saturated carbocycles. The van der Waals surface area contributed by atoms with Crippen LogP contribution in [0.15, 0.2) is 64.1 Å². The third-order valence-electron chi connectivity index (χ3n) is 4.24. The Labute approximate surface area is 184 Å². The first-order valence-electron chi connectivity index (χ1n) is 9.75. The number of hydrogen-bond donors (Lipinski definition) is 2. The van der Waals surface area contributed by atoms with E-state index in [2.05, 4.69) is 15.3 Å². The number of amides is 1. The maximum atomic E-state index is 12.1. The summed E-state index contributed by atoms with van der Waals surface area (Å²) in [6.07, 6.45) is 1.50. The first-order chi connectivity index (χ1) is 15.5. The number of anilines is 1. The van der Waals surface area contributed by atoms with Crippen molar-refractivity contribution in [2.75, 3.05) is 19.5 Å². The summed E-state index contributed by atoms with van der Waals surface area (Å²) >= 11 is 0. The van der Waals surface area contributed by atoms with Gasteiger partial charge in [-0.25, -0.2) is 10.2 Å². The minimum Gasteiger partial charge on any atom is -0.490 e. The fourth-order valence-electron chi connectivity index (χ4n) is 2.67. The van der Waals surface area contributed by atoms with Gasteiger partial charge in [0.1, 0.15) is 12.4 Å². The molecule has 0 aliphatic heterocycles. The molecule has 2 aromatic carbocycles. The SMILES string of the molecule is CCOc1cc(/C=N\NC(=O)c2ccc(N)cc2)ccc1OCc1ccc(C(=O)OC)o1. The summed E-state index contributed by atoms with van der Waals surface area (Å²) in [7, 11) is 1.28. The molecule has 0 radical (unpaired) electrons. The number of carbonyl (C=O) groups is 2. The largest absolute Gasteiger partial charge is 0.490 e. The Balaban J connectivity index is 1.63. The molecule has 0 saturated heterocycles. The zero-order chi connectivity index (χ0) is 22.9. The zero-order valence-corrected chi connectivity index (χ0v) is 17.7. The van der Waals surface area contributed by atoms with Gasteiger partial charge in [-0.3, -0.25) is 4.79 Å². The van der Waals surface area contributed by atoms with Gasteiger partial charge >= 0.3 is 5.97 Å². The van der Waals surface area contributed by atoms with Gasteiger partial charge < -0.3 is 24.4 Å². The number of nitrogens with two attached hydrogens (primary N) is 1. The topological polar surface area (TPSA) is 125 Å². The summed E-state index contributed by atoms with van der Waals surface area (Å²) in [4.78, 5) is 23.6. The average Bonchev–Trinajstić information content (AvgIpc) is 3.27. The lowest BCUT2D eigenvalue weighted by Gasteiger charge is -2.11. The van der Waals surface area contributed by atoms with E-state index in [9.17, 15) is 9.59 Å². The van der Waals surface area contributed by atoms with Crippen molar-refractivity contribution < 1.29 is 28.2 Å². The molecule has 0 fully saturated rings. The van der Waals surface area contributed by atoms with Crippen LogP contribution in [0.5, 0.6) is 11.5 Å². The maximum absolute atomic E-state index is 12.1. The highest BCUT2D eigenvalue weighted by atomic mass is 16.5. The number of ether oxygens (including phenoxy) is 3. The number of nitrogen functional groups attached to an aromatic ring is 1. The molecule has 0 aliphatic rings. The molecule has 1 heterocycles. The van der Waals surface area contributed by atoms with Crippen LogP contribution in [0.4, 0.5) is 5.69 Å². The summed E-state index contributed by atoms with van der Waals surface area (Å²) in [5.74, 6) is 0.647. The Bertz CT molecular complexity index is 1110. The van der Waals surface area contributed by atoms with E-state index in [4.69, 9.17) is 19.6 Å². The smallest absolute Gasteiger partial charge is 0.373 e. The molecule has 1 amide bonds. The molecule has 0 atom stereocenters. The molecule has 0 unspecified atom stereocenters. The average molecular weight is 437 g/mol. The predicted octanol–water partition coefficient (Wildman–Crippen LogP) is 3.39. The molecule has 1 aromatic heterocycles. The summed E-state index contributed by atoms with van der Waals surface area (Å²) in [5, 5.41) is 3.98. The molecule has 0 aliphatic carbocycles. The molecule has 166 valence electrons. The van der Waals surface area contributed by atoms with E-state index in [-0.39, 0.29) is 18.3 Å². The van der Waals surface area contributed by atoms with E-state index in [1.807, 2.05) is 6.92 Å². The number of nitrogens with zero attached hydrogens (tertiary/aromatic N) is 1.